The molecule has 0 aliphatic carbocycles. The maximum atomic E-state index is 12.1. The highest BCUT2D eigenvalue weighted by atomic mass is 32.1. The number of amides is 1. The van der Waals surface area contributed by atoms with E-state index in [4.69, 9.17) is 17.3 Å². The molecule has 0 saturated heterocycles. The molecule has 2 heterocycles. The van der Waals surface area contributed by atoms with E-state index in [0.717, 1.165) is 5.56 Å². The number of aromatic amines is 3. The van der Waals surface area contributed by atoms with Crippen molar-refractivity contribution in [2.45, 2.75) is 19.4 Å². The Balaban J connectivity index is 1.63. The minimum atomic E-state index is -1.02. The van der Waals surface area contributed by atoms with Crippen LogP contribution in [0.5, 0.6) is 0 Å². The normalized spacial score (nSPS) is 10.7. The average Bonchev–Trinajstić information content (AvgIpc) is 2.65. The van der Waals surface area contributed by atoms with Crippen LogP contribution < -0.4 is 16.4 Å². The van der Waals surface area contributed by atoms with Gasteiger partial charge in [-0.2, -0.15) is 0 Å². The Bertz CT molecular complexity index is 1230. The predicted molar refractivity (Wildman–Crippen MR) is 102 cm³/mol. The van der Waals surface area contributed by atoms with Crippen LogP contribution in [-0.4, -0.2) is 36.9 Å². The standard InChI is InChI=1S/C17H15N5O5S/c23-11(18-7-8-1-3-9(4-2-8)16(26)27)6-5-10-14(24)20-13-12(19-10)15(25)22-17(28)21-13/h1-4H,5-7H2,(H,18,23)(H,26,27)(H3,20,21,22,24,25,28). The van der Waals surface area contributed by atoms with Crippen molar-refractivity contribution in [3.05, 3.63) is 66.6 Å². The number of carboxylic acid groups (broad SMARTS) is 1. The van der Waals surface area contributed by atoms with Gasteiger partial charge in [-0.05, 0) is 29.9 Å². The molecule has 0 aliphatic heterocycles. The third kappa shape index (κ3) is 4.38. The third-order valence-corrected chi connectivity index (χ3v) is 4.15. The first-order chi connectivity index (χ1) is 13.3. The highest BCUT2D eigenvalue weighted by Crippen LogP contribution is 2.05. The van der Waals surface area contributed by atoms with Gasteiger partial charge in [-0.15, -0.1) is 0 Å². The summed E-state index contributed by atoms with van der Waals surface area (Å²) in [5.41, 5.74) is 0.0311. The SMILES string of the molecule is O=C(CCc1nc2c(=O)[nH]c(=S)[nH]c2[nH]c1=O)NCc1ccc(C(=O)O)cc1. The van der Waals surface area contributed by atoms with E-state index in [1.165, 1.54) is 12.1 Å². The fourth-order valence-electron chi connectivity index (χ4n) is 2.50. The molecule has 1 amide bonds. The van der Waals surface area contributed by atoms with Gasteiger partial charge in [-0.1, -0.05) is 12.1 Å². The number of aryl methyl sites for hydroxylation is 1. The first-order valence-corrected chi connectivity index (χ1v) is 8.59. The fraction of sp³-hybridized carbons (Fsp3) is 0.176. The van der Waals surface area contributed by atoms with Crippen molar-refractivity contribution in [1.82, 2.24) is 25.3 Å². The minimum Gasteiger partial charge on any atom is -0.478 e. The Labute approximate surface area is 161 Å². The van der Waals surface area contributed by atoms with Crippen molar-refractivity contribution in [2.75, 3.05) is 0 Å². The molecule has 0 radical (unpaired) electrons. The van der Waals surface area contributed by atoms with Crippen molar-refractivity contribution in [3.8, 4) is 0 Å². The number of rotatable bonds is 6. The zero-order chi connectivity index (χ0) is 20.3. The summed E-state index contributed by atoms with van der Waals surface area (Å²) in [6.07, 6.45) is 0.0413. The van der Waals surface area contributed by atoms with Crippen LogP contribution >= 0.6 is 12.2 Å². The molecule has 3 aromatic rings. The van der Waals surface area contributed by atoms with Crippen molar-refractivity contribution < 1.29 is 14.7 Å². The number of nitrogens with zero attached hydrogens (tertiary/aromatic N) is 1. The molecule has 0 aliphatic rings. The number of aromatic nitrogens is 4. The number of H-pyrrole nitrogens is 3. The van der Waals surface area contributed by atoms with Crippen LogP contribution in [0.4, 0.5) is 0 Å². The number of carbonyl (C=O) groups is 2. The van der Waals surface area contributed by atoms with Crippen molar-refractivity contribution in [2.24, 2.45) is 0 Å². The number of aromatic carboxylic acids is 1. The number of carboxylic acids is 1. The summed E-state index contributed by atoms with van der Waals surface area (Å²) >= 11 is 4.83. The Morgan fingerprint density at radius 1 is 1.07 bits per heavy atom. The van der Waals surface area contributed by atoms with Gasteiger partial charge < -0.3 is 20.4 Å². The molecule has 5 N–H and O–H groups in total. The van der Waals surface area contributed by atoms with Crippen LogP contribution in [-0.2, 0) is 17.8 Å². The summed E-state index contributed by atoms with van der Waals surface area (Å²) in [4.78, 5) is 58.3. The predicted octanol–water partition coefficient (Wildman–Crippen LogP) is 0.616. The van der Waals surface area contributed by atoms with Gasteiger partial charge in [0, 0.05) is 19.4 Å². The lowest BCUT2D eigenvalue weighted by Gasteiger charge is -2.06. The molecule has 0 saturated carbocycles. The van der Waals surface area contributed by atoms with Crippen LogP contribution in [0, 0.1) is 4.77 Å². The molecular formula is C17H15N5O5S. The van der Waals surface area contributed by atoms with Gasteiger partial charge in [0.1, 0.15) is 11.3 Å². The van der Waals surface area contributed by atoms with Crippen LogP contribution in [0.1, 0.15) is 28.0 Å². The van der Waals surface area contributed by atoms with Crippen LogP contribution in [0.2, 0.25) is 0 Å². The van der Waals surface area contributed by atoms with E-state index in [0.29, 0.717) is 0 Å². The Morgan fingerprint density at radius 2 is 1.79 bits per heavy atom. The maximum absolute atomic E-state index is 12.1. The molecular weight excluding hydrogens is 386 g/mol. The zero-order valence-electron chi connectivity index (χ0n) is 14.4. The van der Waals surface area contributed by atoms with Gasteiger partial charge in [-0.3, -0.25) is 19.4 Å². The fourth-order valence-corrected chi connectivity index (χ4v) is 2.70. The molecule has 11 heteroatoms. The maximum Gasteiger partial charge on any atom is 0.335 e. The van der Waals surface area contributed by atoms with Crippen LogP contribution in [0.3, 0.4) is 0 Å². The van der Waals surface area contributed by atoms with Gasteiger partial charge in [0.05, 0.1) is 5.56 Å². The lowest BCUT2D eigenvalue weighted by atomic mass is 10.1. The minimum absolute atomic E-state index is 0.00197. The number of hydrogen-bond acceptors (Lipinski definition) is 6. The summed E-state index contributed by atoms with van der Waals surface area (Å²) in [6.45, 7) is 0.219. The average molecular weight is 401 g/mol. The molecule has 28 heavy (non-hydrogen) atoms. The molecule has 0 bridgehead atoms. The number of carbonyl (C=O) groups excluding carboxylic acids is 1. The topological polar surface area (TPSA) is 161 Å². The lowest BCUT2D eigenvalue weighted by Crippen LogP contribution is -2.25. The van der Waals surface area contributed by atoms with E-state index in [1.54, 1.807) is 12.1 Å². The summed E-state index contributed by atoms with van der Waals surface area (Å²) < 4.78 is 0.0680. The van der Waals surface area contributed by atoms with E-state index in [9.17, 15) is 19.2 Å². The Hall–Kier alpha value is -3.60. The van der Waals surface area contributed by atoms with E-state index in [1.807, 2.05) is 0 Å². The van der Waals surface area contributed by atoms with E-state index in [-0.39, 0.29) is 52.5 Å². The second-order valence-electron chi connectivity index (χ2n) is 5.92. The molecule has 2 aromatic heterocycles. The molecule has 0 atom stereocenters. The van der Waals surface area contributed by atoms with Gasteiger partial charge in [-0.25, -0.2) is 9.78 Å². The molecule has 1 aromatic carbocycles. The molecule has 0 fully saturated rings. The highest BCUT2D eigenvalue weighted by Gasteiger charge is 2.11. The number of benzene rings is 1. The summed E-state index contributed by atoms with van der Waals surface area (Å²) in [5, 5.41) is 11.5. The molecule has 144 valence electrons. The summed E-state index contributed by atoms with van der Waals surface area (Å²) in [6, 6.07) is 6.11. The van der Waals surface area contributed by atoms with E-state index in [2.05, 4.69) is 25.3 Å². The van der Waals surface area contributed by atoms with Gasteiger partial charge in [0.25, 0.3) is 11.1 Å². The van der Waals surface area contributed by atoms with Crippen molar-refractivity contribution in [1.29, 1.82) is 0 Å². The van der Waals surface area contributed by atoms with E-state index >= 15 is 0 Å². The third-order valence-electron chi connectivity index (χ3n) is 3.94. The van der Waals surface area contributed by atoms with Crippen molar-refractivity contribution >= 4 is 35.3 Å². The Morgan fingerprint density at radius 3 is 2.46 bits per heavy atom. The van der Waals surface area contributed by atoms with E-state index < -0.39 is 17.1 Å². The van der Waals surface area contributed by atoms with Gasteiger partial charge in [0.15, 0.2) is 10.3 Å². The highest BCUT2D eigenvalue weighted by molar-refractivity contribution is 7.71. The molecule has 0 spiro atoms. The monoisotopic (exact) mass is 401 g/mol. The second-order valence-corrected chi connectivity index (χ2v) is 6.33. The van der Waals surface area contributed by atoms with Gasteiger partial charge >= 0.3 is 5.97 Å². The molecule has 0 unspecified atom stereocenters. The number of fused-ring (bicyclic) bond motifs is 1. The van der Waals surface area contributed by atoms with Gasteiger partial charge in [0.2, 0.25) is 5.91 Å². The van der Waals surface area contributed by atoms with Crippen molar-refractivity contribution in [3.63, 3.8) is 0 Å². The zero-order valence-corrected chi connectivity index (χ0v) is 15.2. The summed E-state index contributed by atoms with van der Waals surface area (Å²) in [7, 11) is 0. The largest absolute Gasteiger partial charge is 0.478 e. The lowest BCUT2D eigenvalue weighted by molar-refractivity contribution is -0.121. The van der Waals surface area contributed by atoms with Crippen LogP contribution in [0.25, 0.3) is 11.2 Å². The molecule has 3 rings (SSSR count). The first-order valence-electron chi connectivity index (χ1n) is 8.18. The number of hydrogen-bond donors (Lipinski definition) is 5. The number of nitrogens with one attached hydrogen (secondary N) is 4. The molecule has 10 nitrogen and oxygen atoms in total. The smallest absolute Gasteiger partial charge is 0.335 e. The quantitative estimate of drug-likeness (QED) is 0.378. The summed E-state index contributed by atoms with van der Waals surface area (Å²) in [5.74, 6) is -1.34. The van der Waals surface area contributed by atoms with Crippen LogP contribution in [0.15, 0.2) is 33.9 Å². The Kier molecular flexibility index (Phi) is 5.45. The first kappa shape index (κ1) is 19.2. The second kappa shape index (κ2) is 7.96.